The summed E-state index contributed by atoms with van der Waals surface area (Å²) in [6.07, 6.45) is -6.18. The summed E-state index contributed by atoms with van der Waals surface area (Å²) in [5.74, 6) is -37.4. The van der Waals surface area contributed by atoms with E-state index in [0.29, 0.717) is 257 Å². The Morgan fingerprint density at radius 1 is 0.265 bits per heavy atom. The van der Waals surface area contributed by atoms with Gasteiger partial charge in [-0.3, -0.25) is 0 Å². The maximum Gasteiger partial charge on any atom is 0.460 e. The van der Waals surface area contributed by atoms with Gasteiger partial charge in [0.25, 0.3) is 0 Å². The molecule has 0 radical (unpaired) electrons. The number of halogens is 13. The molecule has 0 aliphatic carbocycles. The Kier molecular flexibility index (Phi) is 57.9. The summed E-state index contributed by atoms with van der Waals surface area (Å²) in [4.78, 5) is 0. The van der Waals surface area contributed by atoms with Crippen LogP contribution in [0.2, 0.25) is 0 Å². The molecule has 1 N–H and O–H groups in total. The Bertz CT molecular complexity index is 1900. The van der Waals surface area contributed by atoms with Crippen LogP contribution >= 0.6 is 0 Å². The first kappa shape index (κ1) is 93.4. The van der Waals surface area contributed by atoms with Crippen molar-refractivity contribution in [3.8, 4) is 0 Å². The minimum absolute atomic E-state index is 0.00429. The van der Waals surface area contributed by atoms with E-state index in [1.165, 1.54) is 0 Å². The molecule has 0 spiro atoms. The molecule has 0 heterocycles. The molecule has 0 saturated heterocycles. The normalized spacial score (nSPS) is 13.2. The fraction of sp³-hybridized carbons (Fsp3) is 0.903. The van der Waals surface area contributed by atoms with Crippen molar-refractivity contribution in [2.75, 3.05) is 291 Å². The quantitative estimate of drug-likeness (QED) is 0.0484. The van der Waals surface area contributed by atoms with Gasteiger partial charge >= 0.3 is 35.8 Å². The highest BCUT2D eigenvalue weighted by Crippen LogP contribution is 2.62. The summed E-state index contributed by atoms with van der Waals surface area (Å²) >= 11 is 0. The third kappa shape index (κ3) is 44.1. The number of aliphatic hydroxyl groups excluding tert-OH is 1. The van der Waals surface area contributed by atoms with Crippen LogP contribution in [0.25, 0.3) is 0 Å². The van der Waals surface area contributed by atoms with Gasteiger partial charge in [0, 0.05) is 5.56 Å². The van der Waals surface area contributed by atoms with Crippen LogP contribution in [0.5, 0.6) is 0 Å². The van der Waals surface area contributed by atoms with Crippen LogP contribution < -0.4 is 0 Å². The molecule has 1 rings (SSSR count). The highest BCUT2D eigenvalue weighted by atomic mass is 19.4. The van der Waals surface area contributed by atoms with Crippen molar-refractivity contribution in [1.29, 1.82) is 0 Å². The molecule has 23 nitrogen and oxygen atoms in total. The minimum Gasteiger partial charge on any atom is -0.394 e. The summed E-state index contributed by atoms with van der Waals surface area (Å²) in [6.45, 7) is 18.5. The van der Waals surface area contributed by atoms with Gasteiger partial charge < -0.3 is 109 Å². The van der Waals surface area contributed by atoms with Crippen LogP contribution in [0, 0.1) is 0 Å². The first-order valence-corrected chi connectivity index (χ1v) is 32.6. The van der Waals surface area contributed by atoms with Gasteiger partial charge in [0.15, 0.2) is 0 Å². The van der Waals surface area contributed by atoms with Gasteiger partial charge in [0.1, 0.15) is 0 Å². The maximum absolute atomic E-state index is 14.7. The van der Waals surface area contributed by atoms with Crippen LogP contribution in [-0.2, 0) is 110 Å². The lowest BCUT2D eigenvalue weighted by Gasteiger charge is -2.39. The van der Waals surface area contributed by atoms with E-state index < -0.39 is 47.5 Å². The second-order valence-electron chi connectivity index (χ2n) is 20.4. The smallest absolute Gasteiger partial charge is 0.394 e. The highest BCUT2D eigenvalue weighted by molar-refractivity contribution is 5.30. The Labute approximate surface area is 565 Å². The molecule has 1 atom stereocenters. The monoisotopic (exact) mass is 1460 g/mol. The largest absolute Gasteiger partial charge is 0.460 e. The molecule has 0 aromatic heterocycles. The van der Waals surface area contributed by atoms with E-state index in [1.54, 1.807) is 0 Å². The summed E-state index contributed by atoms with van der Waals surface area (Å²) in [7, 11) is 0. The van der Waals surface area contributed by atoms with E-state index in [2.05, 4.69) is 0 Å². The van der Waals surface area contributed by atoms with Crippen LogP contribution in [0.4, 0.5) is 57.1 Å². The molecular weight excluding hydrogens is 1360 g/mol. The first-order chi connectivity index (χ1) is 47.2. The van der Waals surface area contributed by atoms with E-state index in [9.17, 15) is 57.1 Å². The lowest BCUT2D eigenvalue weighted by molar-refractivity contribution is -0.441. The maximum atomic E-state index is 14.7. The molecule has 0 bridgehead atoms. The number of rotatable bonds is 76. The lowest BCUT2D eigenvalue weighted by atomic mass is 9.90. The molecule has 0 amide bonds. The molecular formula is C62H105F13O23. The van der Waals surface area contributed by atoms with Gasteiger partial charge in [0.05, 0.1) is 297 Å². The van der Waals surface area contributed by atoms with Crippen molar-refractivity contribution in [3.05, 3.63) is 35.4 Å². The Morgan fingerprint density at radius 2 is 0.469 bits per heavy atom. The van der Waals surface area contributed by atoms with Gasteiger partial charge in [-0.15, -0.1) is 0 Å². The van der Waals surface area contributed by atoms with Crippen molar-refractivity contribution in [2.24, 2.45) is 0 Å². The Morgan fingerprint density at radius 3 is 0.673 bits per heavy atom. The number of aliphatic hydroxyl groups is 1. The van der Waals surface area contributed by atoms with Crippen molar-refractivity contribution >= 4 is 0 Å². The first-order valence-electron chi connectivity index (χ1n) is 32.6. The third-order valence-corrected chi connectivity index (χ3v) is 12.9. The van der Waals surface area contributed by atoms with Crippen molar-refractivity contribution < 1.29 is 166 Å². The molecule has 1 unspecified atom stereocenters. The van der Waals surface area contributed by atoms with Crippen LogP contribution in [0.15, 0.2) is 24.3 Å². The molecule has 1 aromatic rings. The Hall–Kier alpha value is -2.61. The Balaban J connectivity index is 1.83. The highest BCUT2D eigenvalue weighted by Gasteiger charge is 2.91. The van der Waals surface area contributed by atoms with E-state index in [-0.39, 0.29) is 70.4 Å². The zero-order chi connectivity index (χ0) is 72.1. The zero-order valence-corrected chi connectivity index (χ0v) is 56.2. The molecule has 0 aliphatic rings. The second kappa shape index (κ2) is 60.8. The van der Waals surface area contributed by atoms with Gasteiger partial charge in [-0.05, 0) is 12.0 Å². The summed E-state index contributed by atoms with van der Waals surface area (Å²) in [6, 6.07) is 1.73. The number of hydrogen-bond donors (Lipinski definition) is 1. The molecule has 0 aliphatic heterocycles. The average Bonchev–Trinajstić information content (AvgIpc) is 0.709. The summed E-state index contributed by atoms with van der Waals surface area (Å²) < 4.78 is 298. The molecule has 98 heavy (non-hydrogen) atoms. The lowest BCUT2D eigenvalue weighted by Crippen LogP contribution is -2.69. The number of alkyl halides is 13. The van der Waals surface area contributed by atoms with E-state index in [4.69, 9.17) is 109 Å². The molecule has 0 saturated carbocycles. The molecule has 0 fully saturated rings. The van der Waals surface area contributed by atoms with Crippen LogP contribution in [-0.4, -0.2) is 326 Å². The zero-order valence-electron chi connectivity index (χ0n) is 56.2. The predicted octanol–water partition coefficient (Wildman–Crippen LogP) is 7.86. The van der Waals surface area contributed by atoms with Crippen molar-refractivity contribution in [3.63, 3.8) is 0 Å². The van der Waals surface area contributed by atoms with Gasteiger partial charge in [0.2, 0.25) is 0 Å². The van der Waals surface area contributed by atoms with Gasteiger partial charge in [-0.2, -0.15) is 57.1 Å². The van der Waals surface area contributed by atoms with E-state index in [1.807, 2.05) is 6.92 Å². The topological polar surface area (TPSA) is 223 Å². The van der Waals surface area contributed by atoms with Crippen molar-refractivity contribution in [1.82, 2.24) is 0 Å². The number of benzene rings is 1. The van der Waals surface area contributed by atoms with Crippen LogP contribution in [0.1, 0.15) is 49.8 Å². The van der Waals surface area contributed by atoms with Gasteiger partial charge in [-0.1, -0.05) is 50.5 Å². The minimum atomic E-state index is -7.97. The molecule has 582 valence electrons. The number of ether oxygens (including phenoxy) is 22. The van der Waals surface area contributed by atoms with E-state index >= 15 is 0 Å². The molecule has 36 heteroatoms. The average molecular weight is 1470 g/mol. The fourth-order valence-electron chi connectivity index (χ4n) is 7.60. The fourth-order valence-corrected chi connectivity index (χ4v) is 7.60. The summed E-state index contributed by atoms with van der Waals surface area (Å²) in [5, 5.41) is 8.61. The van der Waals surface area contributed by atoms with Gasteiger partial charge in [-0.25, -0.2) is 0 Å². The molecule has 1 aromatic carbocycles. The second-order valence-corrected chi connectivity index (χ2v) is 20.4. The third-order valence-electron chi connectivity index (χ3n) is 12.9. The predicted molar refractivity (Wildman–Crippen MR) is 323 cm³/mol. The number of unbranched alkanes of at least 4 members (excludes halogenated alkanes) is 2. The van der Waals surface area contributed by atoms with Crippen molar-refractivity contribution in [2.45, 2.75) is 74.5 Å². The number of hydrogen-bond acceptors (Lipinski definition) is 23. The van der Waals surface area contributed by atoms with Crippen LogP contribution in [0.3, 0.4) is 0 Å². The summed E-state index contributed by atoms with van der Waals surface area (Å²) in [5.41, 5.74) is -2.00. The SMILES string of the molecule is CCCCCC(OCCOCCOCCOCCOCCOCCOCCOCCOCCOCCOCCOCCOCCOCCOCCOCCOCCOCCOCCOCCOCCOCCO)c1ccc(C(F)(F)C(F)(F)C(F)(F)C(F)(F)C(F)(F)C(F)(F)F)cc1. The van der Waals surface area contributed by atoms with E-state index in [0.717, 1.165) is 18.6 Å². The standard InChI is InChI=1S/C62H105F13O23/c1-2-3-4-5-56(54-6-8-55(9-7-54)57(63,64)58(65,66)59(67,68)60(69,70)61(71,72)62(73,74)75)98-53-52-97-51-50-96-49-48-95-47-46-94-45-44-93-43-42-92-41-40-91-39-38-90-37-36-89-35-34-88-33-32-87-31-30-86-29-28-85-27-26-84-25-24-83-23-22-82-21-20-81-19-18-80-17-16-79-15-14-78-13-12-77-11-10-76/h6-9,56,76H,2-5,10-53H2,1H3.